The lowest BCUT2D eigenvalue weighted by Crippen LogP contribution is -2.59. The van der Waals surface area contributed by atoms with Crippen molar-refractivity contribution in [2.45, 2.75) is 12.1 Å². The van der Waals surface area contributed by atoms with Crippen molar-refractivity contribution >= 4 is 0 Å². The molecule has 0 spiro atoms. The zero-order chi connectivity index (χ0) is 12.3. The van der Waals surface area contributed by atoms with Crippen molar-refractivity contribution in [1.82, 2.24) is 15.6 Å². The SMILES string of the molecule is c1ccc(C2(c3ccccn3)NCCCN2)cc1. The zero-order valence-electron chi connectivity index (χ0n) is 10.3. The van der Waals surface area contributed by atoms with Gasteiger partial charge in [0.1, 0.15) is 5.66 Å². The lowest BCUT2D eigenvalue weighted by Gasteiger charge is -2.39. The number of rotatable bonds is 2. The Morgan fingerprint density at radius 1 is 0.889 bits per heavy atom. The van der Waals surface area contributed by atoms with Gasteiger partial charge in [0.15, 0.2) is 0 Å². The quantitative estimate of drug-likeness (QED) is 0.840. The molecule has 1 aromatic carbocycles. The minimum absolute atomic E-state index is 0.346. The van der Waals surface area contributed by atoms with Crippen molar-refractivity contribution in [3.8, 4) is 0 Å². The first kappa shape index (κ1) is 11.4. The molecule has 2 aromatic rings. The third-order valence-corrected chi connectivity index (χ3v) is 3.39. The fourth-order valence-electron chi connectivity index (χ4n) is 2.51. The van der Waals surface area contributed by atoms with E-state index < -0.39 is 0 Å². The first-order valence-electron chi connectivity index (χ1n) is 6.39. The molecule has 0 radical (unpaired) electrons. The van der Waals surface area contributed by atoms with Crippen LogP contribution in [-0.4, -0.2) is 18.1 Å². The van der Waals surface area contributed by atoms with Gasteiger partial charge in [0.25, 0.3) is 0 Å². The van der Waals surface area contributed by atoms with Gasteiger partial charge in [0, 0.05) is 6.20 Å². The second-order valence-electron chi connectivity index (χ2n) is 4.54. The topological polar surface area (TPSA) is 37.0 Å². The van der Waals surface area contributed by atoms with Crippen LogP contribution in [0.5, 0.6) is 0 Å². The Morgan fingerprint density at radius 3 is 2.28 bits per heavy atom. The summed E-state index contributed by atoms with van der Waals surface area (Å²) in [5.41, 5.74) is 1.89. The average molecular weight is 239 g/mol. The number of pyridine rings is 1. The Bertz CT molecular complexity index is 448. The summed E-state index contributed by atoms with van der Waals surface area (Å²) >= 11 is 0. The molecule has 0 saturated carbocycles. The summed E-state index contributed by atoms with van der Waals surface area (Å²) in [6.07, 6.45) is 2.99. The first-order chi connectivity index (χ1) is 8.92. The van der Waals surface area contributed by atoms with E-state index in [1.54, 1.807) is 0 Å². The van der Waals surface area contributed by atoms with Gasteiger partial charge in [-0.3, -0.25) is 15.6 Å². The van der Waals surface area contributed by atoms with Crippen LogP contribution < -0.4 is 10.6 Å². The molecule has 3 rings (SSSR count). The fourth-order valence-corrected chi connectivity index (χ4v) is 2.51. The third-order valence-electron chi connectivity index (χ3n) is 3.39. The van der Waals surface area contributed by atoms with Crippen LogP contribution in [0.25, 0.3) is 0 Å². The van der Waals surface area contributed by atoms with E-state index in [0.29, 0.717) is 0 Å². The third kappa shape index (κ3) is 1.92. The van der Waals surface area contributed by atoms with Crippen LogP contribution in [0.15, 0.2) is 54.7 Å². The molecule has 1 fully saturated rings. The number of nitrogens with zero attached hydrogens (tertiary/aromatic N) is 1. The molecule has 1 aliphatic rings. The van der Waals surface area contributed by atoms with E-state index in [0.717, 1.165) is 25.2 Å². The predicted molar refractivity (Wildman–Crippen MR) is 72.1 cm³/mol. The monoisotopic (exact) mass is 239 g/mol. The number of hydrogen-bond donors (Lipinski definition) is 2. The summed E-state index contributed by atoms with van der Waals surface area (Å²) in [5, 5.41) is 7.18. The summed E-state index contributed by atoms with van der Waals surface area (Å²) in [4.78, 5) is 4.53. The van der Waals surface area contributed by atoms with Crippen LogP contribution in [0.1, 0.15) is 17.7 Å². The summed E-state index contributed by atoms with van der Waals surface area (Å²) in [5.74, 6) is 0. The van der Waals surface area contributed by atoms with E-state index in [-0.39, 0.29) is 5.66 Å². The highest BCUT2D eigenvalue weighted by Gasteiger charge is 2.36. The van der Waals surface area contributed by atoms with Gasteiger partial charge < -0.3 is 0 Å². The molecule has 0 atom stereocenters. The first-order valence-corrected chi connectivity index (χ1v) is 6.39. The van der Waals surface area contributed by atoms with Gasteiger partial charge in [-0.05, 0) is 37.2 Å². The number of benzene rings is 1. The molecular formula is C15H17N3. The van der Waals surface area contributed by atoms with Crippen molar-refractivity contribution in [1.29, 1.82) is 0 Å². The van der Waals surface area contributed by atoms with Gasteiger partial charge >= 0.3 is 0 Å². The second kappa shape index (κ2) is 4.88. The molecule has 1 aromatic heterocycles. The Hall–Kier alpha value is -1.71. The molecule has 3 nitrogen and oxygen atoms in total. The molecule has 18 heavy (non-hydrogen) atoms. The maximum atomic E-state index is 4.53. The van der Waals surface area contributed by atoms with Crippen molar-refractivity contribution in [3.05, 3.63) is 66.0 Å². The van der Waals surface area contributed by atoms with Gasteiger partial charge in [0.2, 0.25) is 0 Å². The Balaban J connectivity index is 2.10. The van der Waals surface area contributed by atoms with E-state index in [1.807, 2.05) is 24.4 Å². The lowest BCUT2D eigenvalue weighted by molar-refractivity contribution is 0.268. The molecule has 1 aliphatic heterocycles. The molecule has 0 aliphatic carbocycles. The molecule has 92 valence electrons. The van der Waals surface area contributed by atoms with Gasteiger partial charge in [0.05, 0.1) is 5.69 Å². The predicted octanol–water partition coefficient (Wildman–Crippen LogP) is 1.87. The largest absolute Gasteiger partial charge is 0.290 e. The molecule has 0 bridgehead atoms. The maximum Gasteiger partial charge on any atom is 0.139 e. The summed E-state index contributed by atoms with van der Waals surface area (Å²) in [7, 11) is 0. The molecular weight excluding hydrogens is 222 g/mol. The smallest absolute Gasteiger partial charge is 0.139 e. The van der Waals surface area contributed by atoms with E-state index in [9.17, 15) is 0 Å². The van der Waals surface area contributed by atoms with Crippen molar-refractivity contribution in [2.24, 2.45) is 0 Å². The molecule has 0 amide bonds. The highest BCUT2D eigenvalue weighted by atomic mass is 15.2. The van der Waals surface area contributed by atoms with Crippen molar-refractivity contribution in [3.63, 3.8) is 0 Å². The van der Waals surface area contributed by atoms with Crippen LogP contribution in [0, 0.1) is 0 Å². The highest BCUT2D eigenvalue weighted by Crippen LogP contribution is 2.26. The minimum atomic E-state index is -0.346. The molecule has 1 saturated heterocycles. The summed E-state index contributed by atoms with van der Waals surface area (Å²) in [6, 6.07) is 16.5. The number of nitrogens with one attached hydrogen (secondary N) is 2. The van der Waals surface area contributed by atoms with Crippen molar-refractivity contribution < 1.29 is 0 Å². The number of aromatic nitrogens is 1. The van der Waals surface area contributed by atoms with Gasteiger partial charge in [-0.15, -0.1) is 0 Å². The maximum absolute atomic E-state index is 4.53. The Kier molecular flexibility index (Phi) is 3.09. The van der Waals surface area contributed by atoms with Crippen molar-refractivity contribution in [2.75, 3.05) is 13.1 Å². The zero-order valence-corrected chi connectivity index (χ0v) is 10.3. The van der Waals surface area contributed by atoms with Crippen LogP contribution in [0.4, 0.5) is 0 Å². The summed E-state index contributed by atoms with van der Waals surface area (Å²) in [6.45, 7) is 2.00. The van der Waals surface area contributed by atoms with Gasteiger partial charge in [-0.2, -0.15) is 0 Å². The van der Waals surface area contributed by atoms with Crippen LogP contribution >= 0.6 is 0 Å². The fraction of sp³-hybridized carbons (Fsp3) is 0.267. The standard InChI is InChI=1S/C15H17N3/c1-2-7-13(8-3-1)15(17-11-6-12-18-15)14-9-4-5-10-16-14/h1-5,7-10,17-18H,6,11-12H2. The minimum Gasteiger partial charge on any atom is -0.290 e. The van der Waals surface area contributed by atoms with Gasteiger partial charge in [-0.25, -0.2) is 0 Å². The van der Waals surface area contributed by atoms with E-state index in [4.69, 9.17) is 0 Å². The van der Waals surface area contributed by atoms with Crippen LogP contribution in [0.2, 0.25) is 0 Å². The molecule has 0 unspecified atom stereocenters. The average Bonchev–Trinajstić information content (AvgIpc) is 2.50. The summed E-state index contributed by atoms with van der Waals surface area (Å²) < 4.78 is 0. The van der Waals surface area contributed by atoms with E-state index in [1.165, 1.54) is 5.56 Å². The van der Waals surface area contributed by atoms with Crippen LogP contribution in [0.3, 0.4) is 0 Å². The van der Waals surface area contributed by atoms with Crippen LogP contribution in [-0.2, 0) is 5.66 Å². The molecule has 3 heteroatoms. The van der Waals surface area contributed by atoms with E-state index in [2.05, 4.69) is 45.9 Å². The molecule has 2 heterocycles. The molecule has 2 N–H and O–H groups in total. The van der Waals surface area contributed by atoms with Gasteiger partial charge in [-0.1, -0.05) is 36.4 Å². The Labute approximate surface area is 107 Å². The normalized spacial score (nSPS) is 18.4. The number of hydrogen-bond acceptors (Lipinski definition) is 3. The Morgan fingerprint density at radius 2 is 1.61 bits per heavy atom. The lowest BCUT2D eigenvalue weighted by atomic mass is 9.93. The van der Waals surface area contributed by atoms with E-state index >= 15 is 0 Å². The highest BCUT2D eigenvalue weighted by molar-refractivity contribution is 5.34. The second-order valence-corrected chi connectivity index (χ2v) is 4.54.